The summed E-state index contributed by atoms with van der Waals surface area (Å²) < 4.78 is 0. The fraction of sp³-hybridized carbons (Fsp3) is 0.435. The predicted molar refractivity (Wildman–Crippen MR) is 124 cm³/mol. The molecule has 0 unspecified atom stereocenters. The third kappa shape index (κ3) is 4.09. The first-order chi connectivity index (χ1) is 14.5. The summed E-state index contributed by atoms with van der Waals surface area (Å²) in [4.78, 5) is 13.9. The molecule has 1 fully saturated rings. The maximum atomic E-state index is 11.7. The molecule has 1 aromatic heterocycles. The van der Waals surface area contributed by atoms with Crippen LogP contribution in [0.1, 0.15) is 50.9 Å². The maximum Gasteiger partial charge on any atom is 0.208 e. The average molecular weight is 441 g/mol. The normalized spacial score (nSPS) is 18.2. The highest BCUT2D eigenvalue weighted by molar-refractivity contribution is 7.18. The Morgan fingerprint density at radius 3 is 2.45 bits per heavy atom. The van der Waals surface area contributed by atoms with Crippen molar-refractivity contribution >= 4 is 33.5 Å². The van der Waals surface area contributed by atoms with Gasteiger partial charge in [0.1, 0.15) is 11.5 Å². The minimum absolute atomic E-state index is 0.00916. The van der Waals surface area contributed by atoms with Gasteiger partial charge in [0.05, 0.1) is 11.1 Å². The van der Waals surface area contributed by atoms with Gasteiger partial charge in [-0.3, -0.25) is 4.79 Å². The van der Waals surface area contributed by atoms with Crippen molar-refractivity contribution in [2.75, 3.05) is 11.9 Å². The zero-order chi connectivity index (χ0) is 22.6. The number of aromatic nitrogens is 2. The van der Waals surface area contributed by atoms with Crippen molar-refractivity contribution in [1.29, 1.82) is 0 Å². The molecule has 0 saturated carbocycles. The van der Waals surface area contributed by atoms with Crippen molar-refractivity contribution in [3.8, 4) is 22.1 Å². The molecule has 3 aromatic rings. The Kier molecular flexibility index (Phi) is 5.18. The number of hydrogen-bond donors (Lipinski definition) is 3. The number of rotatable bonds is 4. The molecule has 1 aliphatic heterocycles. The number of nitrogens with zero attached hydrogens (tertiary/aromatic N) is 3. The van der Waals surface area contributed by atoms with Crippen LogP contribution in [0.5, 0.6) is 11.5 Å². The minimum Gasteiger partial charge on any atom is -0.508 e. The quantitative estimate of drug-likeness (QED) is 0.520. The van der Waals surface area contributed by atoms with Crippen molar-refractivity contribution in [3.63, 3.8) is 0 Å². The van der Waals surface area contributed by atoms with Gasteiger partial charge in [0.2, 0.25) is 5.13 Å². The van der Waals surface area contributed by atoms with Crippen LogP contribution in [0.3, 0.4) is 0 Å². The summed E-state index contributed by atoms with van der Waals surface area (Å²) in [5.41, 5.74) is 0.614. The molecule has 0 spiro atoms. The third-order valence-electron chi connectivity index (χ3n) is 5.92. The van der Waals surface area contributed by atoms with E-state index in [1.165, 1.54) is 17.4 Å². The molecular weight excluding hydrogens is 412 g/mol. The largest absolute Gasteiger partial charge is 0.508 e. The van der Waals surface area contributed by atoms with Gasteiger partial charge in [-0.15, -0.1) is 10.2 Å². The average Bonchev–Trinajstić information content (AvgIpc) is 3.14. The van der Waals surface area contributed by atoms with Gasteiger partial charge in [-0.05, 0) is 69.5 Å². The molecule has 0 aliphatic carbocycles. The second-order valence-electron chi connectivity index (χ2n) is 9.67. The highest BCUT2D eigenvalue weighted by Crippen LogP contribution is 2.41. The number of hydrogen-bond acceptors (Lipinski definition) is 8. The topological polar surface area (TPSA) is 98.6 Å². The number of carbonyl (C=O) groups is 1. The lowest BCUT2D eigenvalue weighted by Gasteiger charge is -2.48. The molecule has 3 N–H and O–H groups in total. The Morgan fingerprint density at radius 1 is 1.13 bits per heavy atom. The molecule has 0 atom stereocenters. The van der Waals surface area contributed by atoms with Gasteiger partial charge in [-0.2, -0.15) is 0 Å². The number of anilines is 1. The summed E-state index contributed by atoms with van der Waals surface area (Å²) in [6, 6.07) is 6.82. The molecule has 0 radical (unpaired) electrons. The van der Waals surface area contributed by atoms with Crippen molar-refractivity contribution in [1.82, 2.24) is 15.5 Å². The minimum atomic E-state index is -0.150. The molecule has 8 heteroatoms. The van der Waals surface area contributed by atoms with E-state index in [0.717, 1.165) is 23.4 Å². The molecule has 7 nitrogen and oxygen atoms in total. The Balaban J connectivity index is 1.71. The SMILES string of the molecule is CN(c1nnc(-c2cc3ccc(O)cc3c(C=O)c2O)s1)C1CC(C)(C)NC(C)(C)C1. The lowest BCUT2D eigenvalue weighted by molar-refractivity contribution is 0.112. The van der Waals surface area contributed by atoms with Crippen molar-refractivity contribution in [3.05, 3.63) is 29.8 Å². The third-order valence-corrected chi connectivity index (χ3v) is 6.96. The molecule has 4 rings (SSSR count). The molecule has 0 bridgehead atoms. The van der Waals surface area contributed by atoms with Crippen molar-refractivity contribution < 1.29 is 15.0 Å². The number of aromatic hydroxyl groups is 2. The zero-order valence-electron chi connectivity index (χ0n) is 18.4. The molecular formula is C23H28N4O3S. The van der Waals surface area contributed by atoms with Gasteiger partial charge in [0, 0.05) is 24.2 Å². The Hall–Kier alpha value is -2.71. The number of aldehydes is 1. The number of fused-ring (bicyclic) bond motifs is 1. The summed E-state index contributed by atoms with van der Waals surface area (Å²) in [7, 11) is 2.03. The molecule has 1 saturated heterocycles. The van der Waals surface area contributed by atoms with E-state index < -0.39 is 0 Å². The number of nitrogens with one attached hydrogen (secondary N) is 1. The summed E-state index contributed by atoms with van der Waals surface area (Å²) in [5.74, 6) is -0.113. The van der Waals surface area contributed by atoms with Crippen LogP contribution in [0.4, 0.5) is 5.13 Å². The summed E-state index contributed by atoms with van der Waals surface area (Å²) in [5, 5.41) is 35.5. The molecule has 2 heterocycles. The number of phenols is 2. The lowest BCUT2D eigenvalue weighted by Crippen LogP contribution is -2.61. The fourth-order valence-electron chi connectivity index (χ4n) is 4.85. The van der Waals surface area contributed by atoms with Crippen LogP contribution in [0.15, 0.2) is 24.3 Å². The van der Waals surface area contributed by atoms with Crippen LogP contribution in [0.25, 0.3) is 21.3 Å². The molecule has 1 aliphatic rings. The smallest absolute Gasteiger partial charge is 0.208 e. The lowest BCUT2D eigenvalue weighted by atomic mass is 9.79. The highest BCUT2D eigenvalue weighted by Gasteiger charge is 2.39. The highest BCUT2D eigenvalue weighted by atomic mass is 32.1. The van der Waals surface area contributed by atoms with Crippen LogP contribution in [0, 0.1) is 0 Å². The van der Waals surface area contributed by atoms with Crippen LogP contribution in [-0.2, 0) is 0 Å². The van der Waals surface area contributed by atoms with Gasteiger partial charge in [-0.1, -0.05) is 17.4 Å². The fourth-order valence-corrected chi connectivity index (χ4v) is 5.74. The maximum absolute atomic E-state index is 11.7. The van der Waals surface area contributed by atoms with Gasteiger partial charge < -0.3 is 20.4 Å². The predicted octanol–water partition coefficient (Wildman–Crippen LogP) is 4.33. The van der Waals surface area contributed by atoms with E-state index in [4.69, 9.17) is 0 Å². The van der Waals surface area contributed by atoms with Gasteiger partial charge in [0.25, 0.3) is 0 Å². The van der Waals surface area contributed by atoms with Crippen molar-refractivity contribution in [2.24, 2.45) is 0 Å². The summed E-state index contributed by atoms with van der Waals surface area (Å²) in [6.07, 6.45) is 2.55. The second-order valence-corrected chi connectivity index (χ2v) is 10.6. The van der Waals surface area contributed by atoms with E-state index in [-0.39, 0.29) is 28.1 Å². The second kappa shape index (κ2) is 7.46. The number of piperidine rings is 1. The first-order valence-corrected chi connectivity index (χ1v) is 11.1. The Morgan fingerprint density at radius 2 is 1.81 bits per heavy atom. The number of carbonyl (C=O) groups excluding carboxylic acids is 1. The van der Waals surface area contributed by atoms with E-state index in [1.807, 2.05) is 7.05 Å². The summed E-state index contributed by atoms with van der Waals surface area (Å²) in [6.45, 7) is 8.86. The van der Waals surface area contributed by atoms with Gasteiger partial charge >= 0.3 is 0 Å². The molecule has 31 heavy (non-hydrogen) atoms. The van der Waals surface area contributed by atoms with Crippen LogP contribution >= 0.6 is 11.3 Å². The molecule has 164 valence electrons. The van der Waals surface area contributed by atoms with Crippen LogP contribution < -0.4 is 10.2 Å². The Labute approximate surface area is 185 Å². The van der Waals surface area contributed by atoms with Crippen molar-refractivity contribution in [2.45, 2.75) is 57.7 Å². The number of phenolic OH excluding ortho intramolecular Hbond substituents is 2. The van der Waals surface area contributed by atoms with E-state index in [2.05, 4.69) is 48.1 Å². The molecule has 2 aromatic carbocycles. The first-order valence-electron chi connectivity index (χ1n) is 10.3. The summed E-state index contributed by atoms with van der Waals surface area (Å²) >= 11 is 1.39. The zero-order valence-corrected chi connectivity index (χ0v) is 19.2. The molecule has 0 amide bonds. The van der Waals surface area contributed by atoms with E-state index >= 15 is 0 Å². The van der Waals surface area contributed by atoms with Crippen LogP contribution in [-0.4, -0.2) is 50.9 Å². The number of benzene rings is 2. The van der Waals surface area contributed by atoms with Gasteiger partial charge in [-0.25, -0.2) is 0 Å². The van der Waals surface area contributed by atoms with E-state index in [9.17, 15) is 15.0 Å². The standard InChI is InChI=1S/C23H28N4O3S/c1-22(2)10-14(11-23(3,4)26-22)27(5)21-25-24-20(31-21)17-8-13-6-7-15(29)9-16(13)18(12-28)19(17)30/h6-9,12,14,26,29-30H,10-11H2,1-5H3. The van der Waals surface area contributed by atoms with Crippen LogP contribution in [0.2, 0.25) is 0 Å². The van der Waals surface area contributed by atoms with Gasteiger partial charge in [0.15, 0.2) is 11.3 Å². The Bertz CT molecular complexity index is 1140. The van der Waals surface area contributed by atoms with E-state index in [0.29, 0.717) is 28.3 Å². The van der Waals surface area contributed by atoms with E-state index in [1.54, 1.807) is 18.2 Å². The monoisotopic (exact) mass is 440 g/mol. The first kappa shape index (κ1) is 21.5.